The van der Waals surface area contributed by atoms with Gasteiger partial charge < -0.3 is 11.1 Å². The van der Waals surface area contributed by atoms with E-state index in [1.807, 2.05) is 0 Å². The van der Waals surface area contributed by atoms with Gasteiger partial charge >= 0.3 is 0 Å². The number of rotatable bonds is 5. The van der Waals surface area contributed by atoms with Crippen LogP contribution in [0.5, 0.6) is 0 Å². The summed E-state index contributed by atoms with van der Waals surface area (Å²) in [6.45, 7) is 2.80. The Labute approximate surface area is 125 Å². The Hall–Kier alpha value is -2.48. The van der Waals surface area contributed by atoms with Gasteiger partial charge in [-0.25, -0.2) is 4.68 Å². The Morgan fingerprint density at radius 1 is 1.24 bits per heavy atom. The molecule has 0 aliphatic rings. The Morgan fingerprint density at radius 2 is 2.10 bits per heavy atom. The second-order valence-corrected chi connectivity index (χ2v) is 5.60. The molecule has 0 bridgehead atoms. The lowest BCUT2D eigenvalue weighted by Gasteiger charge is -2.06. The van der Waals surface area contributed by atoms with Crippen LogP contribution >= 0.6 is 11.3 Å². The Morgan fingerprint density at radius 3 is 2.81 bits per heavy atom. The van der Waals surface area contributed by atoms with Crippen LogP contribution in [-0.2, 0) is 13.0 Å². The second kappa shape index (κ2) is 5.88. The van der Waals surface area contributed by atoms with Crippen LogP contribution in [0.3, 0.4) is 0 Å². The van der Waals surface area contributed by atoms with Crippen molar-refractivity contribution < 1.29 is 0 Å². The highest BCUT2D eigenvalue weighted by atomic mass is 32.1. The number of thiophene rings is 1. The molecule has 21 heavy (non-hydrogen) atoms. The van der Waals surface area contributed by atoms with Gasteiger partial charge in [0.1, 0.15) is 0 Å². The molecule has 0 aliphatic heterocycles. The molecule has 3 rings (SSSR count). The van der Waals surface area contributed by atoms with Gasteiger partial charge in [-0.15, -0.1) is 11.3 Å². The topological polar surface area (TPSA) is 94.5 Å². The summed E-state index contributed by atoms with van der Waals surface area (Å²) in [7, 11) is 0. The summed E-state index contributed by atoms with van der Waals surface area (Å²) >= 11 is 1.78. The van der Waals surface area contributed by atoms with Gasteiger partial charge in [0.2, 0.25) is 11.9 Å². The van der Waals surface area contributed by atoms with Gasteiger partial charge in [-0.1, -0.05) is 6.92 Å². The van der Waals surface area contributed by atoms with Crippen LogP contribution in [0.25, 0.3) is 5.95 Å². The second-order valence-electron chi connectivity index (χ2n) is 4.34. The van der Waals surface area contributed by atoms with Gasteiger partial charge in [0.15, 0.2) is 0 Å². The van der Waals surface area contributed by atoms with E-state index in [-0.39, 0.29) is 5.95 Å². The van der Waals surface area contributed by atoms with Crippen LogP contribution in [0.2, 0.25) is 0 Å². The minimum absolute atomic E-state index is 0.165. The molecule has 0 aromatic carbocycles. The molecule has 0 fully saturated rings. The lowest BCUT2D eigenvalue weighted by atomic mass is 10.4. The Balaban J connectivity index is 1.76. The molecule has 8 heteroatoms. The summed E-state index contributed by atoms with van der Waals surface area (Å²) in [6.07, 6.45) is 4.46. The molecule has 0 atom stereocenters. The zero-order chi connectivity index (χ0) is 14.7. The highest BCUT2D eigenvalue weighted by molar-refractivity contribution is 7.12. The maximum Gasteiger partial charge on any atom is 0.257 e. The summed E-state index contributed by atoms with van der Waals surface area (Å²) in [5, 5.41) is 7.25. The average Bonchev–Trinajstić information content (AvgIpc) is 3.16. The maximum atomic E-state index is 5.72. The fourth-order valence-electron chi connectivity index (χ4n) is 1.82. The first-order chi connectivity index (χ1) is 10.2. The molecule has 7 nitrogen and oxygen atoms in total. The van der Waals surface area contributed by atoms with Crippen LogP contribution in [0.4, 0.5) is 11.9 Å². The molecule has 3 N–H and O–H groups in total. The number of aromatic nitrogens is 5. The van der Waals surface area contributed by atoms with Gasteiger partial charge in [-0.2, -0.15) is 20.1 Å². The monoisotopic (exact) mass is 301 g/mol. The molecule has 0 unspecified atom stereocenters. The number of nitrogens with two attached hydrogens (primary N) is 1. The highest BCUT2D eigenvalue weighted by Crippen LogP contribution is 2.18. The van der Waals surface area contributed by atoms with Crippen molar-refractivity contribution in [3.8, 4) is 5.95 Å². The van der Waals surface area contributed by atoms with Crippen molar-refractivity contribution in [1.29, 1.82) is 0 Å². The van der Waals surface area contributed by atoms with Crippen molar-refractivity contribution in [3.63, 3.8) is 0 Å². The summed E-state index contributed by atoms with van der Waals surface area (Å²) < 4.78 is 1.55. The highest BCUT2D eigenvalue weighted by Gasteiger charge is 2.07. The van der Waals surface area contributed by atoms with E-state index in [1.165, 1.54) is 9.75 Å². The average molecular weight is 301 g/mol. The van der Waals surface area contributed by atoms with E-state index in [9.17, 15) is 0 Å². The minimum atomic E-state index is 0.165. The molecule has 0 amide bonds. The summed E-state index contributed by atoms with van der Waals surface area (Å²) in [5.74, 6) is 1.01. The van der Waals surface area contributed by atoms with E-state index in [4.69, 9.17) is 5.73 Å². The van der Waals surface area contributed by atoms with E-state index in [1.54, 1.807) is 34.5 Å². The molecule has 0 radical (unpaired) electrons. The van der Waals surface area contributed by atoms with E-state index in [0.717, 1.165) is 6.42 Å². The third-order valence-corrected chi connectivity index (χ3v) is 4.07. The lowest BCUT2D eigenvalue weighted by Crippen LogP contribution is -2.11. The summed E-state index contributed by atoms with van der Waals surface area (Å²) in [5.41, 5.74) is 5.72. The third kappa shape index (κ3) is 3.16. The molecule has 3 aromatic rings. The summed E-state index contributed by atoms with van der Waals surface area (Å²) in [4.78, 5) is 15.1. The zero-order valence-electron chi connectivity index (χ0n) is 11.5. The smallest absolute Gasteiger partial charge is 0.257 e. The van der Waals surface area contributed by atoms with Crippen LogP contribution in [0, 0.1) is 0 Å². The molecule has 0 spiro atoms. The standard InChI is InChI=1S/C13H15N7S/c1-2-9-4-5-10(21-9)8-15-12-17-11(14)18-13(19-12)20-7-3-6-16-20/h3-7H,2,8H2,1H3,(H3,14,15,17,18,19). The summed E-state index contributed by atoms with van der Waals surface area (Å²) in [6, 6.07) is 6.04. The Kier molecular flexibility index (Phi) is 3.78. The van der Waals surface area contributed by atoms with Crippen LogP contribution in [0.1, 0.15) is 16.7 Å². The molecular weight excluding hydrogens is 286 g/mol. The van der Waals surface area contributed by atoms with Crippen molar-refractivity contribution in [1.82, 2.24) is 24.7 Å². The largest absolute Gasteiger partial charge is 0.368 e. The van der Waals surface area contributed by atoms with Gasteiger partial charge in [0.25, 0.3) is 5.95 Å². The van der Waals surface area contributed by atoms with Gasteiger partial charge in [-0.05, 0) is 24.6 Å². The molecule has 3 heterocycles. The van der Waals surface area contributed by atoms with E-state index in [2.05, 4.69) is 44.4 Å². The first kappa shape index (κ1) is 13.5. The zero-order valence-corrected chi connectivity index (χ0v) is 12.3. The number of nitrogen functional groups attached to an aromatic ring is 1. The van der Waals surface area contributed by atoms with Crippen molar-refractivity contribution in [2.24, 2.45) is 0 Å². The van der Waals surface area contributed by atoms with Crippen molar-refractivity contribution >= 4 is 23.2 Å². The SMILES string of the molecule is CCc1ccc(CNc2nc(N)nc(-n3cccn3)n2)s1. The molecule has 0 saturated carbocycles. The van der Waals surface area contributed by atoms with E-state index < -0.39 is 0 Å². The minimum Gasteiger partial charge on any atom is -0.368 e. The predicted octanol–water partition coefficient (Wildman–Crippen LogP) is 1.88. The molecule has 0 saturated heterocycles. The normalized spacial score (nSPS) is 10.7. The molecule has 108 valence electrons. The van der Waals surface area contributed by atoms with Crippen molar-refractivity contribution in [2.75, 3.05) is 11.1 Å². The molecular formula is C13H15N7S. The first-order valence-electron chi connectivity index (χ1n) is 6.57. The molecule has 0 aliphatic carbocycles. The van der Waals surface area contributed by atoms with Crippen LogP contribution < -0.4 is 11.1 Å². The fraction of sp³-hybridized carbons (Fsp3) is 0.231. The maximum absolute atomic E-state index is 5.72. The van der Waals surface area contributed by atoms with E-state index in [0.29, 0.717) is 18.4 Å². The fourth-order valence-corrected chi connectivity index (χ4v) is 2.72. The van der Waals surface area contributed by atoms with Crippen LogP contribution in [0.15, 0.2) is 30.6 Å². The molecule has 3 aromatic heterocycles. The van der Waals surface area contributed by atoms with Gasteiger partial charge in [-0.3, -0.25) is 0 Å². The van der Waals surface area contributed by atoms with Crippen molar-refractivity contribution in [2.45, 2.75) is 19.9 Å². The van der Waals surface area contributed by atoms with Gasteiger partial charge in [0.05, 0.1) is 6.54 Å². The van der Waals surface area contributed by atoms with Crippen LogP contribution in [-0.4, -0.2) is 24.7 Å². The number of hydrogen-bond donors (Lipinski definition) is 2. The van der Waals surface area contributed by atoms with Crippen molar-refractivity contribution in [3.05, 3.63) is 40.3 Å². The van der Waals surface area contributed by atoms with Gasteiger partial charge in [0, 0.05) is 22.1 Å². The number of aryl methyl sites for hydroxylation is 1. The Bertz CT molecular complexity index is 720. The predicted molar refractivity (Wildman–Crippen MR) is 82.4 cm³/mol. The lowest BCUT2D eigenvalue weighted by molar-refractivity contribution is 0.799. The quantitative estimate of drug-likeness (QED) is 0.747. The number of hydrogen-bond acceptors (Lipinski definition) is 7. The number of nitrogens with one attached hydrogen (secondary N) is 1. The third-order valence-electron chi connectivity index (χ3n) is 2.84. The van der Waals surface area contributed by atoms with E-state index >= 15 is 0 Å². The first-order valence-corrected chi connectivity index (χ1v) is 7.39. The number of nitrogens with zero attached hydrogens (tertiary/aromatic N) is 5. The number of anilines is 2.